The van der Waals surface area contributed by atoms with Gasteiger partial charge in [-0.05, 0) is 24.7 Å². The zero-order valence-corrected chi connectivity index (χ0v) is 11.2. The Kier molecular flexibility index (Phi) is 6.80. The molecule has 0 radical (unpaired) electrons. The molecule has 0 aliphatic rings. The van der Waals surface area contributed by atoms with Gasteiger partial charge in [0, 0.05) is 0 Å². The van der Waals surface area contributed by atoms with Gasteiger partial charge in [0.2, 0.25) is 0 Å². The van der Waals surface area contributed by atoms with Crippen LogP contribution in [0.15, 0.2) is 0 Å². The van der Waals surface area contributed by atoms with Gasteiger partial charge in [-0.25, -0.2) is 4.79 Å². The molecular formula is C12H25N3O2. The molecule has 0 saturated heterocycles. The highest BCUT2D eigenvalue weighted by Crippen LogP contribution is 2.11. The van der Waals surface area contributed by atoms with E-state index in [-0.39, 0.29) is 5.78 Å². The van der Waals surface area contributed by atoms with Crippen molar-refractivity contribution < 1.29 is 9.59 Å². The van der Waals surface area contributed by atoms with E-state index in [1.54, 1.807) is 0 Å². The molecule has 100 valence electrons. The molecule has 0 aromatic heterocycles. The minimum Gasteiger partial charge on any atom is -0.352 e. The maximum Gasteiger partial charge on any atom is 0.312 e. The molecule has 0 aliphatic carbocycles. The van der Waals surface area contributed by atoms with E-state index in [1.807, 2.05) is 27.7 Å². The summed E-state index contributed by atoms with van der Waals surface area (Å²) in [6, 6.07) is -1.78. The quantitative estimate of drug-likeness (QED) is 0.622. The average molecular weight is 243 g/mol. The van der Waals surface area contributed by atoms with Crippen LogP contribution in [0.4, 0.5) is 4.79 Å². The molecule has 5 N–H and O–H groups in total. The summed E-state index contributed by atoms with van der Waals surface area (Å²) >= 11 is 0. The van der Waals surface area contributed by atoms with Crippen LogP contribution in [0, 0.1) is 11.8 Å². The van der Waals surface area contributed by atoms with Gasteiger partial charge in [-0.3, -0.25) is 4.79 Å². The maximum absolute atomic E-state index is 12.1. The molecule has 0 aliphatic heterocycles. The van der Waals surface area contributed by atoms with E-state index in [9.17, 15) is 9.59 Å². The molecule has 0 saturated carbocycles. The maximum atomic E-state index is 12.1. The first-order valence-corrected chi connectivity index (χ1v) is 6.09. The number of nitrogens with one attached hydrogen (secondary N) is 1. The van der Waals surface area contributed by atoms with E-state index in [4.69, 9.17) is 11.5 Å². The largest absolute Gasteiger partial charge is 0.352 e. The van der Waals surface area contributed by atoms with Crippen LogP contribution < -0.4 is 16.8 Å². The molecule has 0 aromatic carbocycles. The molecule has 0 fully saturated rings. The van der Waals surface area contributed by atoms with Crippen molar-refractivity contribution in [3.63, 3.8) is 0 Å². The molecule has 2 amide bonds. The van der Waals surface area contributed by atoms with Crippen molar-refractivity contribution in [1.29, 1.82) is 0 Å². The SMILES string of the molecule is CC(C)CC(NC(N)=O)C(=O)[C@@H](N)CC(C)C. The van der Waals surface area contributed by atoms with Crippen LogP contribution in [-0.4, -0.2) is 23.9 Å². The predicted molar refractivity (Wildman–Crippen MR) is 68.4 cm³/mol. The summed E-state index contributed by atoms with van der Waals surface area (Å²) in [6.45, 7) is 7.98. The van der Waals surface area contributed by atoms with Gasteiger partial charge < -0.3 is 16.8 Å². The number of urea groups is 1. The number of carbonyl (C=O) groups is 2. The lowest BCUT2D eigenvalue weighted by Gasteiger charge is -2.22. The highest BCUT2D eigenvalue weighted by molar-refractivity contribution is 5.91. The fraction of sp³-hybridized carbons (Fsp3) is 0.833. The molecular weight excluding hydrogens is 218 g/mol. The van der Waals surface area contributed by atoms with Gasteiger partial charge in [-0.15, -0.1) is 0 Å². The summed E-state index contributed by atoms with van der Waals surface area (Å²) in [5.41, 5.74) is 10.9. The molecule has 0 rings (SSSR count). The minimum atomic E-state index is -0.680. The molecule has 0 bridgehead atoms. The number of nitrogens with two attached hydrogens (primary N) is 2. The van der Waals surface area contributed by atoms with Crippen molar-refractivity contribution in [2.24, 2.45) is 23.3 Å². The van der Waals surface area contributed by atoms with Crippen LogP contribution in [0.25, 0.3) is 0 Å². The second-order valence-corrected chi connectivity index (χ2v) is 5.33. The highest BCUT2D eigenvalue weighted by Gasteiger charge is 2.26. The van der Waals surface area contributed by atoms with Crippen LogP contribution in [0.1, 0.15) is 40.5 Å². The van der Waals surface area contributed by atoms with E-state index < -0.39 is 18.1 Å². The highest BCUT2D eigenvalue weighted by atomic mass is 16.2. The van der Waals surface area contributed by atoms with E-state index in [0.717, 1.165) is 0 Å². The molecule has 5 heteroatoms. The summed E-state index contributed by atoms with van der Waals surface area (Å²) in [7, 11) is 0. The van der Waals surface area contributed by atoms with Crippen LogP contribution in [0.3, 0.4) is 0 Å². The molecule has 0 aromatic rings. The molecule has 0 heterocycles. The summed E-state index contributed by atoms with van der Waals surface area (Å²) in [4.78, 5) is 22.9. The zero-order valence-electron chi connectivity index (χ0n) is 11.2. The van der Waals surface area contributed by atoms with Gasteiger partial charge >= 0.3 is 6.03 Å². The Labute approximate surface area is 103 Å². The van der Waals surface area contributed by atoms with Crippen LogP contribution >= 0.6 is 0 Å². The van der Waals surface area contributed by atoms with Crippen molar-refractivity contribution in [2.75, 3.05) is 0 Å². The lowest BCUT2D eigenvalue weighted by Crippen LogP contribution is -2.50. The molecule has 5 nitrogen and oxygen atoms in total. The van der Waals surface area contributed by atoms with Crippen LogP contribution in [0.2, 0.25) is 0 Å². The third-order valence-corrected chi connectivity index (χ3v) is 2.46. The minimum absolute atomic E-state index is 0.133. The van der Waals surface area contributed by atoms with E-state index in [2.05, 4.69) is 5.32 Å². The topological polar surface area (TPSA) is 98.2 Å². The number of hydrogen-bond acceptors (Lipinski definition) is 3. The lowest BCUT2D eigenvalue weighted by atomic mass is 9.92. The number of Topliss-reactive ketones (excluding diaryl/α,β-unsaturated/α-hetero) is 1. The Bertz CT molecular complexity index is 264. The van der Waals surface area contributed by atoms with Gasteiger partial charge in [-0.1, -0.05) is 27.7 Å². The Morgan fingerprint density at radius 3 is 1.88 bits per heavy atom. The second kappa shape index (κ2) is 7.27. The monoisotopic (exact) mass is 243 g/mol. The van der Waals surface area contributed by atoms with Crippen LogP contribution in [-0.2, 0) is 4.79 Å². The first kappa shape index (κ1) is 15.9. The number of carbonyl (C=O) groups excluding carboxylic acids is 2. The van der Waals surface area contributed by atoms with Gasteiger partial charge in [-0.2, -0.15) is 0 Å². The Morgan fingerprint density at radius 2 is 1.53 bits per heavy atom. The van der Waals surface area contributed by atoms with Gasteiger partial charge in [0.05, 0.1) is 12.1 Å². The molecule has 2 atom stereocenters. The average Bonchev–Trinajstić information content (AvgIpc) is 2.12. The summed E-state index contributed by atoms with van der Waals surface area (Å²) in [6.07, 6.45) is 1.18. The van der Waals surface area contributed by atoms with Crippen molar-refractivity contribution in [3.05, 3.63) is 0 Å². The molecule has 0 spiro atoms. The van der Waals surface area contributed by atoms with Crippen molar-refractivity contribution in [1.82, 2.24) is 5.32 Å². The number of primary amides is 1. The number of ketones is 1. The van der Waals surface area contributed by atoms with Crippen molar-refractivity contribution in [2.45, 2.75) is 52.6 Å². The Hall–Kier alpha value is -1.10. The number of hydrogen-bond donors (Lipinski definition) is 3. The summed E-state index contributed by atoms with van der Waals surface area (Å²) < 4.78 is 0. The molecule has 17 heavy (non-hydrogen) atoms. The third kappa shape index (κ3) is 6.94. The normalized spacial score (nSPS) is 14.8. The first-order chi connectivity index (χ1) is 7.73. The van der Waals surface area contributed by atoms with E-state index >= 15 is 0 Å². The van der Waals surface area contributed by atoms with E-state index in [0.29, 0.717) is 24.7 Å². The zero-order chi connectivity index (χ0) is 13.6. The summed E-state index contributed by atoms with van der Waals surface area (Å²) in [5.74, 6) is 0.510. The first-order valence-electron chi connectivity index (χ1n) is 6.09. The fourth-order valence-electron chi connectivity index (χ4n) is 1.77. The smallest absolute Gasteiger partial charge is 0.312 e. The second-order valence-electron chi connectivity index (χ2n) is 5.33. The lowest BCUT2D eigenvalue weighted by molar-refractivity contribution is -0.122. The van der Waals surface area contributed by atoms with Crippen molar-refractivity contribution in [3.8, 4) is 0 Å². The van der Waals surface area contributed by atoms with Crippen molar-refractivity contribution >= 4 is 11.8 Å². The van der Waals surface area contributed by atoms with Gasteiger partial charge in [0.25, 0.3) is 0 Å². The van der Waals surface area contributed by atoms with Gasteiger partial charge in [0.1, 0.15) is 0 Å². The number of amides is 2. The van der Waals surface area contributed by atoms with Gasteiger partial charge in [0.15, 0.2) is 5.78 Å². The Balaban J connectivity index is 4.55. The predicted octanol–water partition coefficient (Wildman–Crippen LogP) is 1.01. The summed E-state index contributed by atoms with van der Waals surface area (Å²) in [5, 5.41) is 2.47. The fourth-order valence-corrected chi connectivity index (χ4v) is 1.77. The standard InChI is InChI=1S/C12H25N3O2/c1-7(2)5-9(13)11(16)10(6-8(3)4)15-12(14)17/h7-10H,5-6,13H2,1-4H3,(H3,14,15,17)/t9-,10?/m0/s1. The molecule has 1 unspecified atom stereocenters. The van der Waals surface area contributed by atoms with Crippen LogP contribution in [0.5, 0.6) is 0 Å². The third-order valence-electron chi connectivity index (χ3n) is 2.46. The Morgan fingerprint density at radius 1 is 1.06 bits per heavy atom. The van der Waals surface area contributed by atoms with E-state index in [1.165, 1.54) is 0 Å². The number of rotatable bonds is 7.